The van der Waals surface area contributed by atoms with Crippen LogP contribution >= 0.6 is 0 Å². The summed E-state index contributed by atoms with van der Waals surface area (Å²) in [5.41, 5.74) is 7.48. The first-order valence-electron chi connectivity index (χ1n) is 5.96. The van der Waals surface area contributed by atoms with E-state index < -0.39 is 0 Å². The van der Waals surface area contributed by atoms with Crippen molar-refractivity contribution in [3.63, 3.8) is 0 Å². The molecule has 0 amide bonds. The van der Waals surface area contributed by atoms with Gasteiger partial charge in [-0.15, -0.1) is 0 Å². The third-order valence-corrected chi connectivity index (χ3v) is 3.40. The molecular formula is C15H24. The Balaban J connectivity index is 3.44. The maximum absolute atomic E-state index is 2.38. The van der Waals surface area contributed by atoms with Gasteiger partial charge >= 0.3 is 0 Å². The molecule has 0 aliphatic carbocycles. The second-order valence-corrected chi connectivity index (χ2v) is 5.26. The lowest BCUT2D eigenvalue weighted by Gasteiger charge is -2.21. The summed E-state index contributed by atoms with van der Waals surface area (Å²) in [6.45, 7) is 15.9. The van der Waals surface area contributed by atoms with Crippen molar-refractivity contribution >= 4 is 0 Å². The van der Waals surface area contributed by atoms with Crippen molar-refractivity contribution in [2.75, 3.05) is 0 Å². The molecule has 1 rings (SSSR count). The molecule has 0 fully saturated rings. The highest BCUT2D eigenvalue weighted by Gasteiger charge is 2.13. The van der Waals surface area contributed by atoms with Crippen LogP contribution in [0, 0.1) is 20.8 Å². The predicted octanol–water partition coefficient (Wildman–Crippen LogP) is 4.86. The monoisotopic (exact) mass is 204 g/mol. The molecule has 0 saturated heterocycles. The summed E-state index contributed by atoms with van der Waals surface area (Å²) in [6.07, 6.45) is 0. The van der Waals surface area contributed by atoms with Gasteiger partial charge < -0.3 is 0 Å². The summed E-state index contributed by atoms with van der Waals surface area (Å²) in [5, 5.41) is 0. The second kappa shape index (κ2) is 4.38. The topological polar surface area (TPSA) is 0 Å². The maximum atomic E-state index is 2.38. The Kier molecular flexibility index (Phi) is 3.59. The molecule has 0 nitrogen and oxygen atoms in total. The van der Waals surface area contributed by atoms with Crippen LogP contribution in [0.2, 0.25) is 0 Å². The Morgan fingerprint density at radius 1 is 0.800 bits per heavy atom. The van der Waals surface area contributed by atoms with Gasteiger partial charge in [-0.25, -0.2) is 0 Å². The minimum absolute atomic E-state index is 0.628. The average molecular weight is 204 g/mol. The van der Waals surface area contributed by atoms with Gasteiger partial charge in [-0.3, -0.25) is 0 Å². The molecule has 0 aliphatic rings. The van der Waals surface area contributed by atoms with Gasteiger partial charge in [0.2, 0.25) is 0 Å². The van der Waals surface area contributed by atoms with Crippen LogP contribution in [0.4, 0.5) is 0 Å². The molecule has 0 heterocycles. The molecule has 0 aliphatic heterocycles. The van der Waals surface area contributed by atoms with Crippen molar-refractivity contribution < 1.29 is 0 Å². The fourth-order valence-electron chi connectivity index (χ4n) is 2.62. The van der Waals surface area contributed by atoms with E-state index in [9.17, 15) is 0 Å². The fourth-order valence-corrected chi connectivity index (χ4v) is 2.62. The van der Waals surface area contributed by atoms with E-state index in [1.54, 1.807) is 0 Å². The lowest BCUT2D eigenvalue weighted by Crippen LogP contribution is -2.03. The molecule has 0 atom stereocenters. The zero-order valence-corrected chi connectivity index (χ0v) is 11.2. The molecule has 0 radical (unpaired) electrons. The van der Waals surface area contributed by atoms with Gasteiger partial charge in [0.25, 0.3) is 0 Å². The Bertz CT molecular complexity index is 357. The maximum Gasteiger partial charge on any atom is -0.0213 e. The van der Waals surface area contributed by atoms with Crippen molar-refractivity contribution in [3.05, 3.63) is 33.9 Å². The quantitative estimate of drug-likeness (QED) is 0.645. The highest BCUT2D eigenvalue weighted by molar-refractivity contribution is 5.46. The molecule has 1 aromatic carbocycles. The van der Waals surface area contributed by atoms with E-state index in [2.05, 4.69) is 54.5 Å². The molecule has 0 N–H and O–H groups in total. The molecular weight excluding hydrogens is 180 g/mol. The second-order valence-electron chi connectivity index (χ2n) is 5.26. The van der Waals surface area contributed by atoms with Gasteiger partial charge in [0, 0.05) is 0 Å². The van der Waals surface area contributed by atoms with E-state index in [0.717, 1.165) is 0 Å². The van der Waals surface area contributed by atoms with E-state index in [1.807, 2.05) is 0 Å². The highest BCUT2D eigenvalue weighted by Crippen LogP contribution is 2.31. The largest absolute Gasteiger partial charge is 0.0587 e. The van der Waals surface area contributed by atoms with Crippen LogP contribution in [0.3, 0.4) is 0 Å². The minimum Gasteiger partial charge on any atom is -0.0587 e. The first-order chi connectivity index (χ1) is 6.86. The van der Waals surface area contributed by atoms with E-state index in [1.165, 1.54) is 27.8 Å². The number of benzene rings is 1. The van der Waals surface area contributed by atoms with Gasteiger partial charge in [0.05, 0.1) is 0 Å². The van der Waals surface area contributed by atoms with E-state index >= 15 is 0 Å². The minimum atomic E-state index is 0.628. The van der Waals surface area contributed by atoms with Crippen LogP contribution in [0.5, 0.6) is 0 Å². The first kappa shape index (κ1) is 12.3. The van der Waals surface area contributed by atoms with Crippen molar-refractivity contribution in [1.82, 2.24) is 0 Å². The number of aryl methyl sites for hydroxylation is 1. The lowest BCUT2D eigenvalue weighted by molar-refractivity contribution is 0.816. The van der Waals surface area contributed by atoms with E-state index in [0.29, 0.717) is 11.8 Å². The smallest absolute Gasteiger partial charge is 0.0213 e. The molecule has 0 aromatic heterocycles. The number of hydrogen-bond donors (Lipinski definition) is 0. The Hall–Kier alpha value is -0.780. The Morgan fingerprint density at radius 2 is 1.33 bits per heavy atom. The zero-order chi connectivity index (χ0) is 11.7. The molecule has 0 heteroatoms. The predicted molar refractivity (Wildman–Crippen MR) is 68.8 cm³/mol. The van der Waals surface area contributed by atoms with Crippen molar-refractivity contribution in [2.45, 2.75) is 60.3 Å². The number of rotatable bonds is 2. The number of hydrogen-bond acceptors (Lipinski definition) is 0. The molecule has 0 bridgehead atoms. The summed E-state index contributed by atoms with van der Waals surface area (Å²) in [7, 11) is 0. The summed E-state index contributed by atoms with van der Waals surface area (Å²) >= 11 is 0. The van der Waals surface area contributed by atoms with Gasteiger partial charge in [-0.1, -0.05) is 33.8 Å². The van der Waals surface area contributed by atoms with Crippen LogP contribution in [-0.4, -0.2) is 0 Å². The molecule has 15 heavy (non-hydrogen) atoms. The normalized spacial score (nSPS) is 11.5. The third kappa shape index (κ3) is 2.25. The van der Waals surface area contributed by atoms with Crippen LogP contribution in [0.15, 0.2) is 6.07 Å². The van der Waals surface area contributed by atoms with E-state index in [4.69, 9.17) is 0 Å². The molecule has 84 valence electrons. The SMILES string of the molecule is Cc1cc(C(C)C)c(C)c(C)c1C(C)C. The van der Waals surface area contributed by atoms with Gasteiger partial charge in [0.1, 0.15) is 0 Å². The molecule has 0 spiro atoms. The van der Waals surface area contributed by atoms with Crippen LogP contribution < -0.4 is 0 Å². The lowest BCUT2D eigenvalue weighted by atomic mass is 9.85. The zero-order valence-electron chi connectivity index (χ0n) is 11.2. The fraction of sp³-hybridized carbons (Fsp3) is 0.600. The van der Waals surface area contributed by atoms with Gasteiger partial charge in [0.15, 0.2) is 0 Å². The molecule has 1 aromatic rings. The third-order valence-electron chi connectivity index (χ3n) is 3.40. The van der Waals surface area contributed by atoms with Crippen molar-refractivity contribution in [2.24, 2.45) is 0 Å². The first-order valence-corrected chi connectivity index (χ1v) is 5.96. The van der Waals surface area contributed by atoms with Crippen LogP contribution in [0.25, 0.3) is 0 Å². The van der Waals surface area contributed by atoms with E-state index in [-0.39, 0.29) is 0 Å². The molecule has 0 saturated carbocycles. The van der Waals surface area contributed by atoms with Crippen LogP contribution in [-0.2, 0) is 0 Å². The summed E-state index contributed by atoms with van der Waals surface area (Å²) in [5.74, 6) is 1.26. The average Bonchev–Trinajstić information content (AvgIpc) is 2.10. The summed E-state index contributed by atoms with van der Waals surface area (Å²) < 4.78 is 0. The standard InChI is InChI=1S/C15H24/c1-9(2)14-8-11(5)15(10(3)4)13(7)12(14)6/h8-10H,1-7H3. The summed E-state index contributed by atoms with van der Waals surface area (Å²) in [4.78, 5) is 0. The Morgan fingerprint density at radius 3 is 1.73 bits per heavy atom. The molecule has 0 unspecified atom stereocenters. The summed E-state index contributed by atoms with van der Waals surface area (Å²) in [6, 6.07) is 2.38. The van der Waals surface area contributed by atoms with Crippen molar-refractivity contribution in [3.8, 4) is 0 Å². The highest BCUT2D eigenvalue weighted by atomic mass is 14.2. The van der Waals surface area contributed by atoms with Crippen molar-refractivity contribution in [1.29, 1.82) is 0 Å². The van der Waals surface area contributed by atoms with Crippen LogP contribution in [0.1, 0.15) is 67.3 Å². The Labute approximate surface area is 94.7 Å². The van der Waals surface area contributed by atoms with Gasteiger partial charge in [-0.05, 0) is 60.4 Å². The van der Waals surface area contributed by atoms with Gasteiger partial charge in [-0.2, -0.15) is 0 Å².